The fourth-order valence-electron chi connectivity index (χ4n) is 4.33. The molecule has 0 fully saturated rings. The van der Waals surface area contributed by atoms with Crippen LogP contribution in [0.4, 0.5) is 0 Å². The van der Waals surface area contributed by atoms with Gasteiger partial charge in [0.2, 0.25) is 0 Å². The van der Waals surface area contributed by atoms with E-state index in [0.717, 1.165) is 0 Å². The molecule has 5 rings (SSSR count). The molecule has 0 atom stereocenters. The Morgan fingerprint density at radius 2 is 0.680 bits per heavy atom. The van der Waals surface area contributed by atoms with Crippen LogP contribution in [0, 0.1) is 47.4 Å². The van der Waals surface area contributed by atoms with E-state index in [0.29, 0.717) is 56.7 Å². The summed E-state index contributed by atoms with van der Waals surface area (Å²) in [5.41, 5.74) is 4.71. The summed E-state index contributed by atoms with van der Waals surface area (Å²) in [7, 11) is 0. The van der Waals surface area contributed by atoms with Gasteiger partial charge in [0.15, 0.2) is 0 Å². The summed E-state index contributed by atoms with van der Waals surface area (Å²) >= 11 is 0. The standard InChI is InChI=1S/C42H22O8/c43-27-50-39-23-11-31(12-24-39)10-22-38-26-36(20-8-29-3-15-33(16-4-29)41(46)47)35(19-7-28-1-13-32(14-2-28)40(44)45)25-37(38)21-9-30-5-17-34(18-6-30)42(48)49/h1-6,11-18,23-27H,(H,44,45)(H,46,47)(H,48,49). The minimum Gasteiger partial charge on any atom is -0.478 e. The molecule has 0 unspecified atom stereocenters. The first kappa shape index (κ1) is 33.6. The summed E-state index contributed by atoms with van der Waals surface area (Å²) < 4.78 is 4.86. The van der Waals surface area contributed by atoms with Crippen LogP contribution in [-0.2, 0) is 4.79 Å². The number of carbonyl (C=O) groups is 4. The molecule has 0 amide bonds. The molecule has 0 aliphatic rings. The summed E-state index contributed by atoms with van der Waals surface area (Å²) in [6.45, 7) is 0.333. The summed E-state index contributed by atoms with van der Waals surface area (Å²) in [5, 5.41) is 27.7. The smallest absolute Gasteiger partial charge is 0.335 e. The number of carboxylic acid groups (broad SMARTS) is 3. The quantitative estimate of drug-likeness (QED) is 0.157. The molecule has 0 heterocycles. The molecule has 3 N–H and O–H groups in total. The predicted octanol–water partition coefficient (Wildman–Crippen LogP) is 5.92. The first-order chi connectivity index (χ1) is 24.2. The summed E-state index contributed by atoms with van der Waals surface area (Å²) in [5.74, 6) is 21.9. The summed E-state index contributed by atoms with van der Waals surface area (Å²) in [6, 6.07) is 28.4. The van der Waals surface area contributed by atoms with Crippen molar-refractivity contribution in [3.8, 4) is 53.1 Å². The molecule has 0 aliphatic carbocycles. The number of ether oxygens (including phenoxy) is 1. The van der Waals surface area contributed by atoms with E-state index in [1.54, 1.807) is 72.8 Å². The van der Waals surface area contributed by atoms with Crippen LogP contribution in [0.5, 0.6) is 5.75 Å². The highest BCUT2D eigenvalue weighted by molar-refractivity contribution is 5.88. The lowest BCUT2D eigenvalue weighted by molar-refractivity contribution is -0.120. The first-order valence-electron chi connectivity index (χ1n) is 14.6. The van der Waals surface area contributed by atoms with Crippen LogP contribution < -0.4 is 4.74 Å². The van der Waals surface area contributed by atoms with Crippen LogP contribution in [0.3, 0.4) is 0 Å². The number of benzene rings is 5. The Labute approximate surface area is 286 Å². The second-order valence-electron chi connectivity index (χ2n) is 10.3. The molecular weight excluding hydrogens is 632 g/mol. The second-order valence-corrected chi connectivity index (χ2v) is 10.3. The number of hydrogen-bond donors (Lipinski definition) is 3. The molecule has 0 bridgehead atoms. The Balaban J connectivity index is 1.65. The third-order valence-corrected chi connectivity index (χ3v) is 6.96. The lowest BCUT2D eigenvalue weighted by Crippen LogP contribution is -1.96. The molecule has 0 radical (unpaired) electrons. The number of rotatable bonds is 5. The Kier molecular flexibility index (Phi) is 10.5. The molecule has 0 aliphatic heterocycles. The molecule has 5 aromatic carbocycles. The Morgan fingerprint density at radius 3 is 0.920 bits per heavy atom. The van der Waals surface area contributed by atoms with Crippen molar-refractivity contribution < 1.29 is 39.2 Å². The van der Waals surface area contributed by atoms with Gasteiger partial charge in [-0.3, -0.25) is 4.79 Å². The SMILES string of the molecule is O=COc1ccc(C#Cc2cc(C#Cc3ccc(C(=O)O)cc3)c(C#Cc3ccc(C(=O)O)cc3)cc2C#Cc2ccc(C(=O)O)cc2)cc1. The summed E-state index contributed by atoms with van der Waals surface area (Å²) in [4.78, 5) is 44.6. The van der Waals surface area contributed by atoms with Crippen molar-refractivity contribution in [2.75, 3.05) is 0 Å². The zero-order valence-electron chi connectivity index (χ0n) is 25.9. The molecule has 50 heavy (non-hydrogen) atoms. The van der Waals surface area contributed by atoms with Crippen molar-refractivity contribution in [3.05, 3.63) is 170 Å². The average Bonchev–Trinajstić information content (AvgIpc) is 3.13. The van der Waals surface area contributed by atoms with E-state index in [1.165, 1.54) is 36.4 Å². The van der Waals surface area contributed by atoms with Crippen LogP contribution in [0.2, 0.25) is 0 Å². The minimum atomic E-state index is -1.05. The molecule has 8 heteroatoms. The fourth-order valence-corrected chi connectivity index (χ4v) is 4.33. The van der Waals surface area contributed by atoms with Crippen LogP contribution in [0.15, 0.2) is 109 Å². The Bertz CT molecular complexity index is 2380. The highest BCUT2D eigenvalue weighted by atomic mass is 16.5. The number of carboxylic acids is 3. The fraction of sp³-hybridized carbons (Fsp3) is 0. The number of aromatic carboxylic acids is 3. The van der Waals surface area contributed by atoms with Crippen LogP contribution in [-0.4, -0.2) is 39.7 Å². The average molecular weight is 655 g/mol. The predicted molar refractivity (Wildman–Crippen MR) is 184 cm³/mol. The van der Waals surface area contributed by atoms with E-state index in [-0.39, 0.29) is 16.7 Å². The first-order valence-corrected chi connectivity index (χ1v) is 14.6. The maximum Gasteiger partial charge on any atom is 0.335 e. The maximum absolute atomic E-state index is 11.3. The van der Waals surface area contributed by atoms with Gasteiger partial charge < -0.3 is 20.1 Å². The molecule has 0 aromatic heterocycles. The molecule has 8 nitrogen and oxygen atoms in total. The van der Waals surface area contributed by atoms with Gasteiger partial charge >= 0.3 is 17.9 Å². The number of carbonyl (C=O) groups excluding carboxylic acids is 1. The van der Waals surface area contributed by atoms with E-state index in [4.69, 9.17) is 4.74 Å². The van der Waals surface area contributed by atoms with Crippen LogP contribution in [0.1, 0.15) is 75.6 Å². The van der Waals surface area contributed by atoms with Crippen LogP contribution >= 0.6 is 0 Å². The van der Waals surface area contributed by atoms with E-state index >= 15 is 0 Å². The van der Waals surface area contributed by atoms with Gasteiger partial charge in [-0.25, -0.2) is 14.4 Å². The second kappa shape index (κ2) is 15.7. The molecule has 0 spiro atoms. The van der Waals surface area contributed by atoms with Crippen molar-refractivity contribution >= 4 is 24.4 Å². The van der Waals surface area contributed by atoms with Gasteiger partial charge in [-0.05, 0) is 109 Å². The van der Waals surface area contributed by atoms with Gasteiger partial charge in [0.25, 0.3) is 6.47 Å². The Hall–Kier alpha value is -7.78. The zero-order chi connectivity index (χ0) is 35.5. The van der Waals surface area contributed by atoms with Gasteiger partial charge in [-0.1, -0.05) is 47.4 Å². The molecule has 5 aromatic rings. The lowest BCUT2D eigenvalue weighted by Gasteiger charge is -2.04. The zero-order valence-corrected chi connectivity index (χ0v) is 25.9. The highest BCUT2D eigenvalue weighted by Crippen LogP contribution is 2.18. The van der Waals surface area contributed by atoms with E-state index < -0.39 is 17.9 Å². The van der Waals surface area contributed by atoms with Gasteiger partial charge in [-0.2, -0.15) is 0 Å². The Morgan fingerprint density at radius 1 is 0.420 bits per heavy atom. The van der Waals surface area contributed by atoms with Gasteiger partial charge in [0, 0.05) is 44.5 Å². The molecule has 0 saturated heterocycles. The number of hydrogen-bond acceptors (Lipinski definition) is 5. The van der Waals surface area contributed by atoms with Crippen LogP contribution in [0.25, 0.3) is 0 Å². The summed E-state index contributed by atoms with van der Waals surface area (Å²) in [6.07, 6.45) is 0. The largest absolute Gasteiger partial charge is 0.478 e. The molecular formula is C42H22O8. The van der Waals surface area contributed by atoms with Gasteiger partial charge in [0.1, 0.15) is 5.75 Å². The maximum atomic E-state index is 11.3. The van der Waals surface area contributed by atoms with Crippen molar-refractivity contribution in [1.82, 2.24) is 0 Å². The third-order valence-electron chi connectivity index (χ3n) is 6.96. The third kappa shape index (κ3) is 8.93. The van der Waals surface area contributed by atoms with Gasteiger partial charge in [-0.15, -0.1) is 0 Å². The van der Waals surface area contributed by atoms with Crippen molar-refractivity contribution in [2.24, 2.45) is 0 Å². The lowest BCUT2D eigenvalue weighted by atomic mass is 9.97. The van der Waals surface area contributed by atoms with Gasteiger partial charge in [0.05, 0.1) is 16.7 Å². The molecule has 0 saturated carbocycles. The molecule has 238 valence electrons. The van der Waals surface area contributed by atoms with Crippen molar-refractivity contribution in [3.63, 3.8) is 0 Å². The minimum absolute atomic E-state index is 0.124. The van der Waals surface area contributed by atoms with Crippen molar-refractivity contribution in [1.29, 1.82) is 0 Å². The topological polar surface area (TPSA) is 138 Å². The van der Waals surface area contributed by atoms with E-state index in [9.17, 15) is 34.5 Å². The monoisotopic (exact) mass is 654 g/mol. The van der Waals surface area contributed by atoms with E-state index in [2.05, 4.69) is 47.4 Å². The van der Waals surface area contributed by atoms with E-state index in [1.807, 2.05) is 0 Å². The normalized spacial score (nSPS) is 9.52. The van der Waals surface area contributed by atoms with Crippen molar-refractivity contribution in [2.45, 2.75) is 0 Å². The highest BCUT2D eigenvalue weighted by Gasteiger charge is 2.08.